The fraction of sp³-hybridized carbons (Fsp3) is 0.462. The Morgan fingerprint density at radius 2 is 2.06 bits per heavy atom. The Balaban J connectivity index is 2.44. The molecule has 0 aliphatic carbocycles. The molecule has 18 heavy (non-hydrogen) atoms. The molecule has 0 aromatic heterocycles. The van der Waals surface area contributed by atoms with E-state index in [9.17, 15) is 4.79 Å². The molecule has 1 rings (SSSR count). The average Bonchev–Trinajstić information content (AvgIpc) is 2.38. The van der Waals surface area contributed by atoms with Crippen molar-refractivity contribution in [1.29, 1.82) is 0 Å². The van der Waals surface area contributed by atoms with Crippen LogP contribution < -0.4 is 14.8 Å². The monoisotopic (exact) mass is 253 g/mol. The number of carboxylic acid groups (broad SMARTS) is 1. The molecule has 0 fully saturated rings. The first-order valence-corrected chi connectivity index (χ1v) is 5.85. The van der Waals surface area contributed by atoms with Gasteiger partial charge in [-0.1, -0.05) is 0 Å². The van der Waals surface area contributed by atoms with Gasteiger partial charge in [0.2, 0.25) is 0 Å². The third-order valence-electron chi connectivity index (χ3n) is 2.54. The third kappa shape index (κ3) is 4.53. The molecule has 0 amide bonds. The highest BCUT2D eigenvalue weighted by Crippen LogP contribution is 2.28. The number of benzene rings is 1. The van der Waals surface area contributed by atoms with Crippen LogP contribution in [0.4, 0.5) is 5.69 Å². The van der Waals surface area contributed by atoms with Gasteiger partial charge in [0.1, 0.15) is 11.5 Å². The summed E-state index contributed by atoms with van der Waals surface area (Å²) in [5.74, 6) is 0.702. The molecule has 0 spiro atoms. The number of anilines is 1. The van der Waals surface area contributed by atoms with E-state index in [0.29, 0.717) is 12.2 Å². The SMILES string of the molecule is COc1ccc(NCCCCC(=O)O)c(OC)c1. The van der Waals surface area contributed by atoms with E-state index in [2.05, 4.69) is 5.32 Å². The number of carbonyl (C=O) groups is 1. The highest BCUT2D eigenvalue weighted by molar-refractivity contribution is 5.66. The highest BCUT2D eigenvalue weighted by Gasteiger charge is 2.04. The zero-order chi connectivity index (χ0) is 13.4. The van der Waals surface area contributed by atoms with Crippen LogP contribution in [-0.2, 0) is 4.79 Å². The number of ether oxygens (including phenoxy) is 2. The van der Waals surface area contributed by atoms with Crippen LogP contribution >= 0.6 is 0 Å². The van der Waals surface area contributed by atoms with Gasteiger partial charge < -0.3 is 19.9 Å². The number of nitrogens with one attached hydrogen (secondary N) is 1. The lowest BCUT2D eigenvalue weighted by atomic mass is 10.2. The van der Waals surface area contributed by atoms with E-state index in [1.165, 1.54) is 0 Å². The van der Waals surface area contributed by atoms with Gasteiger partial charge in [-0.05, 0) is 25.0 Å². The summed E-state index contributed by atoms with van der Waals surface area (Å²) in [6, 6.07) is 5.54. The van der Waals surface area contributed by atoms with Crippen LogP contribution in [-0.4, -0.2) is 31.8 Å². The van der Waals surface area contributed by atoms with Crippen molar-refractivity contribution < 1.29 is 19.4 Å². The second-order valence-electron chi connectivity index (χ2n) is 3.84. The summed E-state index contributed by atoms with van der Waals surface area (Å²) in [6.45, 7) is 0.718. The number of rotatable bonds is 8. The van der Waals surface area contributed by atoms with E-state index in [1.54, 1.807) is 20.3 Å². The van der Waals surface area contributed by atoms with Gasteiger partial charge in [0.15, 0.2) is 0 Å². The van der Waals surface area contributed by atoms with E-state index >= 15 is 0 Å². The van der Waals surface area contributed by atoms with Gasteiger partial charge in [0, 0.05) is 19.0 Å². The molecular formula is C13H19NO4. The summed E-state index contributed by atoms with van der Waals surface area (Å²) >= 11 is 0. The standard InChI is InChI=1S/C13H19NO4/c1-17-10-6-7-11(12(9-10)18-2)14-8-4-3-5-13(15)16/h6-7,9,14H,3-5,8H2,1-2H3,(H,15,16). The minimum atomic E-state index is -0.753. The molecule has 0 radical (unpaired) electrons. The number of aliphatic carboxylic acids is 1. The maximum atomic E-state index is 10.3. The molecule has 100 valence electrons. The van der Waals surface area contributed by atoms with Crippen molar-refractivity contribution in [1.82, 2.24) is 0 Å². The Kier molecular flexibility index (Phi) is 5.84. The van der Waals surface area contributed by atoms with Crippen molar-refractivity contribution in [2.45, 2.75) is 19.3 Å². The minimum absolute atomic E-state index is 0.210. The van der Waals surface area contributed by atoms with Crippen LogP contribution in [0.1, 0.15) is 19.3 Å². The van der Waals surface area contributed by atoms with Gasteiger partial charge >= 0.3 is 5.97 Å². The lowest BCUT2D eigenvalue weighted by molar-refractivity contribution is -0.137. The zero-order valence-electron chi connectivity index (χ0n) is 10.7. The van der Waals surface area contributed by atoms with E-state index in [-0.39, 0.29) is 6.42 Å². The highest BCUT2D eigenvalue weighted by atomic mass is 16.5. The summed E-state index contributed by atoms with van der Waals surface area (Å²) in [4.78, 5) is 10.3. The lowest BCUT2D eigenvalue weighted by Gasteiger charge is -2.12. The molecule has 0 bridgehead atoms. The van der Waals surface area contributed by atoms with Crippen molar-refractivity contribution in [2.24, 2.45) is 0 Å². The first-order chi connectivity index (χ1) is 8.67. The molecule has 1 aromatic carbocycles. The van der Waals surface area contributed by atoms with Gasteiger partial charge in [0.05, 0.1) is 19.9 Å². The Bertz CT molecular complexity index is 393. The van der Waals surface area contributed by atoms with Crippen LogP contribution in [0.2, 0.25) is 0 Å². The van der Waals surface area contributed by atoms with Crippen molar-refractivity contribution >= 4 is 11.7 Å². The summed E-state index contributed by atoms with van der Waals surface area (Å²) in [6.07, 6.45) is 1.68. The molecule has 0 aliphatic rings. The fourth-order valence-corrected chi connectivity index (χ4v) is 1.57. The third-order valence-corrected chi connectivity index (χ3v) is 2.54. The second kappa shape index (κ2) is 7.42. The molecule has 1 aromatic rings. The van der Waals surface area contributed by atoms with Gasteiger partial charge in [-0.15, -0.1) is 0 Å². The van der Waals surface area contributed by atoms with Gasteiger partial charge in [-0.25, -0.2) is 0 Å². The lowest BCUT2D eigenvalue weighted by Crippen LogP contribution is -2.04. The van der Waals surface area contributed by atoms with E-state index < -0.39 is 5.97 Å². The predicted molar refractivity (Wildman–Crippen MR) is 69.5 cm³/mol. The maximum Gasteiger partial charge on any atom is 0.303 e. The van der Waals surface area contributed by atoms with Gasteiger partial charge in [0.25, 0.3) is 0 Å². The molecule has 0 aliphatic heterocycles. The number of methoxy groups -OCH3 is 2. The first kappa shape index (κ1) is 14.2. The predicted octanol–water partition coefficient (Wildman–Crippen LogP) is 2.37. The van der Waals surface area contributed by atoms with Gasteiger partial charge in [-0.2, -0.15) is 0 Å². The van der Waals surface area contributed by atoms with E-state index in [0.717, 1.165) is 24.4 Å². The van der Waals surface area contributed by atoms with E-state index in [1.807, 2.05) is 12.1 Å². The van der Waals surface area contributed by atoms with Crippen molar-refractivity contribution in [3.05, 3.63) is 18.2 Å². The molecule has 0 atom stereocenters. The van der Waals surface area contributed by atoms with Crippen molar-refractivity contribution in [3.8, 4) is 11.5 Å². The quantitative estimate of drug-likeness (QED) is 0.696. The molecule has 0 saturated heterocycles. The van der Waals surface area contributed by atoms with Crippen LogP contribution in [0.3, 0.4) is 0 Å². The molecule has 2 N–H and O–H groups in total. The van der Waals surface area contributed by atoms with Crippen molar-refractivity contribution in [2.75, 3.05) is 26.1 Å². The molecule has 0 heterocycles. The van der Waals surface area contributed by atoms with E-state index in [4.69, 9.17) is 14.6 Å². The summed E-state index contributed by atoms with van der Waals surface area (Å²) in [7, 11) is 3.21. The van der Waals surface area contributed by atoms with Crippen LogP contribution in [0, 0.1) is 0 Å². The largest absolute Gasteiger partial charge is 0.497 e. The van der Waals surface area contributed by atoms with Crippen LogP contribution in [0.5, 0.6) is 11.5 Å². The second-order valence-corrected chi connectivity index (χ2v) is 3.84. The smallest absolute Gasteiger partial charge is 0.303 e. The Morgan fingerprint density at radius 3 is 2.67 bits per heavy atom. The number of carboxylic acids is 1. The fourth-order valence-electron chi connectivity index (χ4n) is 1.57. The topological polar surface area (TPSA) is 67.8 Å². The van der Waals surface area contributed by atoms with Gasteiger partial charge in [-0.3, -0.25) is 4.79 Å². The first-order valence-electron chi connectivity index (χ1n) is 5.85. The normalized spacial score (nSPS) is 9.89. The summed E-state index contributed by atoms with van der Waals surface area (Å²) < 4.78 is 10.4. The number of hydrogen-bond donors (Lipinski definition) is 2. The Hall–Kier alpha value is -1.91. The van der Waals surface area contributed by atoms with Crippen LogP contribution in [0.25, 0.3) is 0 Å². The Morgan fingerprint density at radius 1 is 1.28 bits per heavy atom. The molecular weight excluding hydrogens is 234 g/mol. The number of hydrogen-bond acceptors (Lipinski definition) is 4. The minimum Gasteiger partial charge on any atom is -0.497 e. The van der Waals surface area contributed by atoms with Crippen molar-refractivity contribution in [3.63, 3.8) is 0 Å². The molecule has 0 unspecified atom stereocenters. The zero-order valence-corrected chi connectivity index (χ0v) is 10.7. The van der Waals surface area contributed by atoms with Crippen LogP contribution in [0.15, 0.2) is 18.2 Å². The maximum absolute atomic E-state index is 10.3. The Labute approximate surface area is 107 Å². The molecule has 5 heteroatoms. The number of unbranched alkanes of at least 4 members (excludes halogenated alkanes) is 1. The summed E-state index contributed by atoms with van der Waals surface area (Å²) in [5.41, 5.74) is 0.883. The summed E-state index contributed by atoms with van der Waals surface area (Å²) in [5, 5.41) is 11.7. The molecule has 5 nitrogen and oxygen atoms in total. The average molecular weight is 253 g/mol. The molecule has 0 saturated carbocycles.